The Balaban J connectivity index is 1.56. The highest BCUT2D eigenvalue weighted by Crippen LogP contribution is 2.58. The van der Waals surface area contributed by atoms with Crippen molar-refractivity contribution >= 4 is 6.09 Å². The summed E-state index contributed by atoms with van der Waals surface area (Å²) >= 11 is 0. The van der Waals surface area contributed by atoms with Crippen molar-refractivity contribution in [2.24, 2.45) is 23.7 Å². The van der Waals surface area contributed by atoms with E-state index in [9.17, 15) is 9.90 Å². The maximum absolute atomic E-state index is 11.6. The number of rotatable bonds is 1. The van der Waals surface area contributed by atoms with E-state index in [-0.39, 0.29) is 6.54 Å². The second-order valence-corrected chi connectivity index (χ2v) is 8.29. The van der Waals surface area contributed by atoms with Crippen LogP contribution in [0.1, 0.15) is 52.9 Å². The summed E-state index contributed by atoms with van der Waals surface area (Å²) in [7, 11) is 0. The van der Waals surface area contributed by atoms with Gasteiger partial charge in [-0.1, -0.05) is 11.8 Å². The molecule has 4 heteroatoms. The van der Waals surface area contributed by atoms with E-state index < -0.39 is 17.3 Å². The van der Waals surface area contributed by atoms with Crippen LogP contribution in [0.15, 0.2) is 0 Å². The minimum atomic E-state index is -0.830. The predicted octanol–water partition coefficient (Wildman–Crippen LogP) is 2.70. The average molecular weight is 305 g/mol. The van der Waals surface area contributed by atoms with E-state index in [1.54, 1.807) is 0 Å². The molecule has 4 rings (SSSR count). The molecule has 0 spiro atoms. The summed E-state index contributed by atoms with van der Waals surface area (Å²) < 4.78 is 5.17. The van der Waals surface area contributed by atoms with Crippen molar-refractivity contribution in [3.63, 3.8) is 0 Å². The van der Waals surface area contributed by atoms with Gasteiger partial charge in [0.15, 0.2) is 0 Å². The fourth-order valence-corrected chi connectivity index (χ4v) is 4.72. The van der Waals surface area contributed by atoms with Crippen LogP contribution in [0.3, 0.4) is 0 Å². The van der Waals surface area contributed by atoms with Crippen LogP contribution >= 0.6 is 0 Å². The monoisotopic (exact) mass is 305 g/mol. The third kappa shape index (κ3) is 3.10. The highest BCUT2D eigenvalue weighted by molar-refractivity contribution is 5.68. The lowest BCUT2D eigenvalue weighted by Gasteiger charge is -2.56. The Labute approximate surface area is 133 Å². The van der Waals surface area contributed by atoms with E-state index in [1.807, 2.05) is 20.8 Å². The van der Waals surface area contributed by atoms with Gasteiger partial charge in [-0.05, 0) is 76.5 Å². The Bertz CT molecular complexity index is 481. The number of alkyl carbamates (subject to hydrolysis) is 1. The number of amides is 1. The molecular formula is C18H27NO3. The van der Waals surface area contributed by atoms with Crippen LogP contribution in [0.5, 0.6) is 0 Å². The molecule has 2 N–H and O–H groups in total. The molecule has 4 fully saturated rings. The van der Waals surface area contributed by atoms with E-state index in [4.69, 9.17) is 4.74 Å². The molecule has 0 heterocycles. The van der Waals surface area contributed by atoms with E-state index in [0.717, 1.165) is 37.5 Å². The number of carbonyl (C=O) groups excluding carboxylic acids is 1. The molecule has 22 heavy (non-hydrogen) atoms. The third-order valence-electron chi connectivity index (χ3n) is 5.39. The van der Waals surface area contributed by atoms with E-state index in [1.165, 1.54) is 6.42 Å². The van der Waals surface area contributed by atoms with Crippen LogP contribution < -0.4 is 5.32 Å². The van der Waals surface area contributed by atoms with Crippen LogP contribution in [-0.2, 0) is 4.74 Å². The largest absolute Gasteiger partial charge is 0.444 e. The molecule has 4 saturated carbocycles. The van der Waals surface area contributed by atoms with E-state index >= 15 is 0 Å². The highest BCUT2D eigenvalue weighted by atomic mass is 16.6. The standard InChI is InChI=1S/C18H27NO3/c1-17(2,3)22-16(20)19-6-4-5-18(21)14-8-12-7-13(10-14)11-15(18)9-12/h12-15,21H,6-11H2,1-3H3,(H,19,20). The summed E-state index contributed by atoms with van der Waals surface area (Å²) in [6, 6.07) is 0. The summed E-state index contributed by atoms with van der Waals surface area (Å²) in [5.41, 5.74) is -1.33. The Morgan fingerprint density at radius 1 is 1.18 bits per heavy atom. The predicted molar refractivity (Wildman–Crippen MR) is 84.0 cm³/mol. The maximum atomic E-state index is 11.6. The molecule has 1 amide bonds. The lowest BCUT2D eigenvalue weighted by atomic mass is 9.50. The molecule has 4 aliphatic carbocycles. The molecule has 0 aromatic carbocycles. The number of aliphatic hydroxyl groups is 1. The van der Waals surface area contributed by atoms with E-state index in [0.29, 0.717) is 11.8 Å². The van der Waals surface area contributed by atoms with Gasteiger partial charge in [0, 0.05) is 0 Å². The molecule has 4 nitrogen and oxygen atoms in total. The molecule has 0 aromatic heterocycles. The fraction of sp³-hybridized carbons (Fsp3) is 0.833. The SMILES string of the molecule is CC(C)(C)OC(=O)NCC#CC1(O)C2CC3CC(C2)CC1C3. The van der Waals surface area contributed by atoms with Gasteiger partial charge in [0.1, 0.15) is 11.2 Å². The number of nitrogens with one attached hydrogen (secondary N) is 1. The average Bonchev–Trinajstić information content (AvgIpc) is 2.38. The van der Waals surface area contributed by atoms with Crippen molar-refractivity contribution in [2.45, 2.75) is 64.1 Å². The lowest BCUT2D eigenvalue weighted by Crippen LogP contribution is -2.56. The van der Waals surface area contributed by atoms with Crippen LogP contribution in [0.2, 0.25) is 0 Å². The van der Waals surface area contributed by atoms with Gasteiger partial charge in [-0.25, -0.2) is 4.79 Å². The molecule has 0 aromatic rings. The van der Waals surface area contributed by atoms with Crippen molar-refractivity contribution in [3.05, 3.63) is 0 Å². The van der Waals surface area contributed by atoms with Crippen molar-refractivity contribution < 1.29 is 14.6 Å². The normalized spacial score (nSPS) is 39.1. The molecule has 4 bridgehead atoms. The Morgan fingerprint density at radius 2 is 1.73 bits per heavy atom. The minimum absolute atomic E-state index is 0.226. The van der Waals surface area contributed by atoms with E-state index in [2.05, 4.69) is 17.2 Å². The number of hydrogen-bond acceptors (Lipinski definition) is 3. The first-order valence-corrected chi connectivity index (χ1v) is 8.45. The van der Waals surface area contributed by atoms with Crippen LogP contribution in [0.25, 0.3) is 0 Å². The van der Waals surface area contributed by atoms with Gasteiger partial charge in [0.05, 0.1) is 6.54 Å². The van der Waals surface area contributed by atoms with Crippen molar-refractivity contribution in [2.75, 3.05) is 6.54 Å². The molecule has 122 valence electrons. The second kappa shape index (κ2) is 5.45. The molecule has 0 saturated heterocycles. The number of ether oxygens (including phenoxy) is 1. The Kier molecular flexibility index (Phi) is 3.89. The van der Waals surface area contributed by atoms with Crippen molar-refractivity contribution in [1.82, 2.24) is 5.32 Å². The smallest absolute Gasteiger partial charge is 0.408 e. The molecular weight excluding hydrogens is 278 g/mol. The van der Waals surface area contributed by atoms with Gasteiger partial charge in [0.25, 0.3) is 0 Å². The quantitative estimate of drug-likeness (QED) is 0.732. The number of hydrogen-bond donors (Lipinski definition) is 2. The first-order chi connectivity index (χ1) is 10.3. The zero-order valence-corrected chi connectivity index (χ0v) is 13.8. The molecule has 0 unspecified atom stereocenters. The van der Waals surface area contributed by atoms with Crippen LogP contribution in [-0.4, -0.2) is 28.9 Å². The highest BCUT2D eigenvalue weighted by Gasteiger charge is 2.55. The molecule has 0 atom stereocenters. The minimum Gasteiger partial charge on any atom is -0.444 e. The van der Waals surface area contributed by atoms with Gasteiger partial charge in [-0.3, -0.25) is 0 Å². The lowest BCUT2D eigenvalue weighted by molar-refractivity contribution is -0.136. The van der Waals surface area contributed by atoms with Gasteiger partial charge in [0.2, 0.25) is 0 Å². The summed E-state index contributed by atoms with van der Waals surface area (Å²) in [6.07, 6.45) is 5.39. The molecule has 4 aliphatic rings. The first-order valence-electron chi connectivity index (χ1n) is 8.45. The van der Waals surface area contributed by atoms with Crippen LogP contribution in [0, 0.1) is 35.5 Å². The summed E-state index contributed by atoms with van der Waals surface area (Å²) in [6.45, 7) is 5.71. The zero-order valence-electron chi connectivity index (χ0n) is 13.8. The fourth-order valence-electron chi connectivity index (χ4n) is 4.72. The number of carbonyl (C=O) groups is 1. The second-order valence-electron chi connectivity index (χ2n) is 8.29. The Morgan fingerprint density at radius 3 is 2.23 bits per heavy atom. The first kappa shape index (κ1) is 15.7. The third-order valence-corrected chi connectivity index (χ3v) is 5.39. The van der Waals surface area contributed by atoms with Crippen LogP contribution in [0.4, 0.5) is 4.79 Å². The zero-order chi connectivity index (χ0) is 16.0. The van der Waals surface area contributed by atoms with Gasteiger partial charge < -0.3 is 15.2 Å². The maximum Gasteiger partial charge on any atom is 0.408 e. The molecule has 0 aliphatic heterocycles. The summed E-state index contributed by atoms with van der Waals surface area (Å²) in [4.78, 5) is 11.6. The topological polar surface area (TPSA) is 58.6 Å². The van der Waals surface area contributed by atoms with Crippen molar-refractivity contribution in [1.29, 1.82) is 0 Å². The van der Waals surface area contributed by atoms with Gasteiger partial charge in [-0.15, -0.1) is 0 Å². The summed E-state index contributed by atoms with van der Waals surface area (Å²) in [5, 5.41) is 13.7. The Hall–Kier alpha value is -1.21. The summed E-state index contributed by atoms with van der Waals surface area (Å²) in [5.74, 6) is 8.34. The van der Waals surface area contributed by atoms with Gasteiger partial charge in [-0.2, -0.15) is 0 Å². The van der Waals surface area contributed by atoms with Crippen molar-refractivity contribution in [3.8, 4) is 11.8 Å². The molecule has 0 radical (unpaired) electrons. The van der Waals surface area contributed by atoms with Gasteiger partial charge >= 0.3 is 6.09 Å².